The Morgan fingerprint density at radius 1 is 1.27 bits per heavy atom. The Labute approximate surface area is 182 Å². The van der Waals surface area contributed by atoms with Gasteiger partial charge in [0.05, 0.1) is 26.0 Å². The second-order valence-corrected chi connectivity index (χ2v) is 8.45. The van der Waals surface area contributed by atoms with Crippen molar-refractivity contribution in [2.45, 2.75) is 69.6 Å². The van der Waals surface area contributed by atoms with Crippen molar-refractivity contribution >= 4 is 23.4 Å². The molecule has 1 heterocycles. The number of methoxy groups -OCH3 is 1. The number of benzene rings is 1. The van der Waals surface area contributed by atoms with Crippen molar-refractivity contribution in [1.29, 1.82) is 0 Å². The van der Waals surface area contributed by atoms with E-state index in [0.717, 1.165) is 48.1 Å². The highest BCUT2D eigenvalue weighted by molar-refractivity contribution is 7.99. The molecule has 0 atom stereocenters. The molecule has 0 radical (unpaired) electrons. The second kappa shape index (κ2) is 11.8. The number of ether oxygens (including phenoxy) is 2. The third kappa shape index (κ3) is 6.39. The highest BCUT2D eigenvalue weighted by Crippen LogP contribution is 2.33. The molecule has 0 bridgehead atoms. The molecule has 1 fully saturated rings. The molecule has 7 nitrogen and oxygen atoms in total. The second-order valence-electron chi connectivity index (χ2n) is 7.51. The Balaban J connectivity index is 1.68. The minimum atomic E-state index is -0.192. The topological polar surface area (TPSA) is 78.3 Å². The van der Waals surface area contributed by atoms with Crippen molar-refractivity contribution in [2.75, 3.05) is 24.8 Å². The van der Waals surface area contributed by atoms with Crippen LogP contribution in [0.2, 0.25) is 0 Å². The first-order valence-electron chi connectivity index (χ1n) is 10.8. The quantitative estimate of drug-likeness (QED) is 0.309. The summed E-state index contributed by atoms with van der Waals surface area (Å²) in [6, 6.07) is 8.23. The van der Waals surface area contributed by atoms with Crippen LogP contribution in [0.5, 0.6) is 5.75 Å². The lowest BCUT2D eigenvalue weighted by Gasteiger charge is -2.25. The number of carbonyl (C=O) groups is 1. The molecule has 0 aliphatic heterocycles. The minimum absolute atomic E-state index is 0.192. The average Bonchev–Trinajstić information content (AvgIpc) is 3.20. The molecule has 1 saturated carbocycles. The fourth-order valence-electron chi connectivity index (χ4n) is 3.64. The number of esters is 1. The molecule has 0 spiro atoms. The third-order valence-corrected chi connectivity index (χ3v) is 6.19. The molecular weight excluding hydrogens is 400 g/mol. The number of rotatable bonds is 11. The van der Waals surface area contributed by atoms with E-state index < -0.39 is 0 Å². The van der Waals surface area contributed by atoms with Crippen LogP contribution in [0.15, 0.2) is 29.4 Å². The number of carbonyl (C=O) groups excluding carboxylic acids is 1. The summed E-state index contributed by atoms with van der Waals surface area (Å²) in [5.41, 5.74) is 0.973. The normalized spacial score (nSPS) is 14.5. The zero-order valence-corrected chi connectivity index (χ0v) is 18.7. The van der Waals surface area contributed by atoms with Crippen molar-refractivity contribution in [3.05, 3.63) is 30.1 Å². The number of hydrogen-bond acceptors (Lipinski definition) is 7. The number of anilines is 1. The monoisotopic (exact) mass is 432 g/mol. The number of aromatic nitrogens is 3. The van der Waals surface area contributed by atoms with Crippen molar-refractivity contribution in [2.24, 2.45) is 0 Å². The smallest absolute Gasteiger partial charge is 0.316 e. The predicted octanol–water partition coefficient (Wildman–Crippen LogP) is 4.84. The molecular formula is C22H32N4O3S. The van der Waals surface area contributed by atoms with Gasteiger partial charge in [-0.3, -0.25) is 4.79 Å². The van der Waals surface area contributed by atoms with Crippen LogP contribution >= 0.6 is 11.8 Å². The first-order chi connectivity index (χ1) is 14.7. The summed E-state index contributed by atoms with van der Waals surface area (Å²) in [6.45, 7) is 3.13. The van der Waals surface area contributed by atoms with Gasteiger partial charge in [0.15, 0.2) is 11.0 Å². The van der Waals surface area contributed by atoms with E-state index in [4.69, 9.17) is 9.47 Å². The Hall–Kier alpha value is -2.22. The van der Waals surface area contributed by atoms with Gasteiger partial charge in [0.1, 0.15) is 5.75 Å². The molecule has 8 heteroatoms. The summed E-state index contributed by atoms with van der Waals surface area (Å²) in [6.07, 6.45) is 7.87. The van der Waals surface area contributed by atoms with E-state index >= 15 is 0 Å². The van der Waals surface area contributed by atoms with Crippen LogP contribution in [0.25, 0.3) is 0 Å². The van der Waals surface area contributed by atoms with Crippen molar-refractivity contribution in [1.82, 2.24) is 14.8 Å². The van der Waals surface area contributed by atoms with E-state index in [-0.39, 0.29) is 11.7 Å². The molecule has 1 aliphatic carbocycles. The van der Waals surface area contributed by atoms with Gasteiger partial charge in [-0.2, -0.15) is 0 Å². The summed E-state index contributed by atoms with van der Waals surface area (Å²) in [5.74, 6) is 1.78. The predicted molar refractivity (Wildman–Crippen MR) is 119 cm³/mol. The minimum Gasteiger partial charge on any atom is -0.497 e. The van der Waals surface area contributed by atoms with E-state index in [1.54, 1.807) is 7.11 Å². The largest absolute Gasteiger partial charge is 0.497 e. The first-order valence-corrected chi connectivity index (χ1v) is 11.8. The van der Waals surface area contributed by atoms with Crippen LogP contribution in [0.1, 0.15) is 63.7 Å². The van der Waals surface area contributed by atoms with Crippen LogP contribution in [0.3, 0.4) is 0 Å². The molecule has 1 aromatic heterocycles. The number of hydrogen-bond donors (Lipinski definition) is 1. The van der Waals surface area contributed by atoms with E-state index in [1.807, 2.05) is 24.3 Å². The number of unbranched alkanes of at least 4 members (excludes halogenated alkanes) is 1. The molecule has 0 saturated heterocycles. The number of thioether (sulfide) groups is 1. The molecule has 0 amide bonds. The highest BCUT2D eigenvalue weighted by atomic mass is 32.2. The molecule has 30 heavy (non-hydrogen) atoms. The van der Waals surface area contributed by atoms with Crippen molar-refractivity contribution < 1.29 is 14.3 Å². The van der Waals surface area contributed by atoms with Gasteiger partial charge in [-0.25, -0.2) is 0 Å². The van der Waals surface area contributed by atoms with E-state index in [1.165, 1.54) is 31.0 Å². The van der Waals surface area contributed by atoms with Crippen molar-refractivity contribution in [3.63, 3.8) is 0 Å². The van der Waals surface area contributed by atoms with Crippen molar-refractivity contribution in [3.8, 4) is 5.75 Å². The zero-order valence-electron chi connectivity index (χ0n) is 17.9. The van der Waals surface area contributed by atoms with Crippen LogP contribution < -0.4 is 10.1 Å². The Kier molecular flexibility index (Phi) is 8.86. The summed E-state index contributed by atoms with van der Waals surface area (Å²) in [4.78, 5) is 12.0. The SMILES string of the molecule is CCCCOC(=O)CSc1nnc(CNc2cccc(OC)c2)n1C1CCCCC1. The molecule has 164 valence electrons. The Bertz CT molecular complexity index is 805. The fourth-order valence-corrected chi connectivity index (χ4v) is 4.46. The number of nitrogens with one attached hydrogen (secondary N) is 1. The van der Waals surface area contributed by atoms with Gasteiger partial charge in [0.25, 0.3) is 0 Å². The van der Waals surface area contributed by atoms with Gasteiger partial charge < -0.3 is 19.4 Å². The van der Waals surface area contributed by atoms with E-state index in [0.29, 0.717) is 19.2 Å². The highest BCUT2D eigenvalue weighted by Gasteiger charge is 2.23. The summed E-state index contributed by atoms with van der Waals surface area (Å²) < 4.78 is 12.8. The van der Waals surface area contributed by atoms with E-state index in [9.17, 15) is 4.79 Å². The van der Waals surface area contributed by atoms with Crippen LogP contribution in [0.4, 0.5) is 5.69 Å². The van der Waals surface area contributed by atoms with E-state index in [2.05, 4.69) is 27.0 Å². The lowest BCUT2D eigenvalue weighted by atomic mass is 9.95. The molecule has 1 N–H and O–H groups in total. The van der Waals surface area contributed by atoms with Gasteiger partial charge in [-0.05, 0) is 31.4 Å². The third-order valence-electron chi connectivity index (χ3n) is 5.28. The fraction of sp³-hybridized carbons (Fsp3) is 0.591. The van der Waals surface area contributed by atoms with Gasteiger partial charge in [-0.1, -0.05) is 50.4 Å². The van der Waals surface area contributed by atoms with Crippen LogP contribution in [-0.4, -0.2) is 40.2 Å². The molecule has 1 aromatic carbocycles. The lowest BCUT2D eigenvalue weighted by Crippen LogP contribution is -2.19. The first kappa shape index (κ1) is 22.5. The summed E-state index contributed by atoms with van der Waals surface area (Å²) in [7, 11) is 1.66. The van der Waals surface area contributed by atoms with Gasteiger partial charge in [0, 0.05) is 17.8 Å². The maximum absolute atomic E-state index is 12.0. The van der Waals surface area contributed by atoms with Crippen LogP contribution in [-0.2, 0) is 16.1 Å². The van der Waals surface area contributed by atoms with Crippen LogP contribution in [0, 0.1) is 0 Å². The van der Waals surface area contributed by atoms with Gasteiger partial charge in [-0.15, -0.1) is 10.2 Å². The Morgan fingerprint density at radius 3 is 2.87 bits per heavy atom. The zero-order chi connectivity index (χ0) is 21.2. The van der Waals surface area contributed by atoms with Gasteiger partial charge >= 0.3 is 5.97 Å². The number of nitrogens with zero attached hydrogens (tertiary/aromatic N) is 3. The average molecular weight is 433 g/mol. The standard InChI is InChI=1S/C22H32N4O3S/c1-3-4-13-29-21(27)16-30-22-25-24-20(26(22)18-10-6-5-7-11-18)15-23-17-9-8-12-19(14-17)28-2/h8-9,12,14,18,23H,3-7,10-11,13,15-16H2,1-2H3. The Morgan fingerprint density at radius 2 is 2.10 bits per heavy atom. The lowest BCUT2D eigenvalue weighted by molar-refractivity contribution is -0.140. The molecule has 1 aliphatic rings. The van der Waals surface area contributed by atoms with Gasteiger partial charge in [0.2, 0.25) is 0 Å². The summed E-state index contributed by atoms with van der Waals surface area (Å²) >= 11 is 1.42. The maximum atomic E-state index is 12.0. The summed E-state index contributed by atoms with van der Waals surface area (Å²) in [5, 5.41) is 13.1. The maximum Gasteiger partial charge on any atom is 0.316 e. The molecule has 3 rings (SSSR count). The molecule has 0 unspecified atom stereocenters. The molecule has 2 aromatic rings.